The Kier molecular flexibility index (Phi) is 11.6. The van der Waals surface area contributed by atoms with E-state index in [4.69, 9.17) is 29.9 Å². The van der Waals surface area contributed by atoms with Crippen LogP contribution >= 0.6 is 0 Å². The molecule has 15 nitrogen and oxygen atoms in total. The van der Waals surface area contributed by atoms with Crippen LogP contribution in [0.2, 0.25) is 0 Å². The Labute approximate surface area is 498 Å². The number of aromatic nitrogens is 12. The zero-order chi connectivity index (χ0) is 57.2. The normalized spacial score (nSPS) is 21.6. The van der Waals surface area contributed by atoms with Crippen LogP contribution in [0.25, 0.3) is 83.3 Å². The average molecular weight is 1140 g/mol. The summed E-state index contributed by atoms with van der Waals surface area (Å²) in [7, 11) is 0. The molecule has 0 unspecified atom stereocenters. The third kappa shape index (κ3) is 8.07. The summed E-state index contributed by atoms with van der Waals surface area (Å²) in [6.45, 7) is 17.3. The van der Waals surface area contributed by atoms with E-state index >= 15 is 4.39 Å². The largest absolute Gasteiger partial charge is 0.327 e. The first-order chi connectivity index (χ1) is 42.1. The Bertz CT molecular complexity index is 4740. The zero-order valence-electron chi connectivity index (χ0n) is 49.7. The van der Waals surface area contributed by atoms with Gasteiger partial charge in [0.05, 0.1) is 66.2 Å². The van der Waals surface area contributed by atoms with Crippen molar-refractivity contribution in [2.75, 3.05) is 39.3 Å². The van der Waals surface area contributed by atoms with E-state index in [9.17, 15) is 0 Å². The molecule has 434 valence electrons. The van der Waals surface area contributed by atoms with Crippen LogP contribution in [0.3, 0.4) is 0 Å². The maximum absolute atomic E-state index is 16.5. The standard InChI is InChI=1S/C70H72FN15/c1-41-11-15-56-65(31-41)85(42(2)72-56)49-13-17-62-58(37-49)76-69-21-24-80(27-30-83(62)69)52-34-46(35-52)54-39-60-66(40-55(54)71)86(43(3)73-60)50-14-18-63-59(38-50)77-68-20-23-79(26-29-82(63)68)51-32-45(33-51)53-9-6-10-64-70(53)74-44(4)84(64)48-12-16-61-57(36-48)75-67-19-22-78(25-28-81(61)67)47-7-5-8-47/h6,9-18,31,36-40,45-47,51-52H,5,7-8,19-30,32-35H2,1-4H3. The fourth-order valence-electron chi connectivity index (χ4n) is 16.5. The maximum atomic E-state index is 16.5. The van der Waals surface area contributed by atoms with E-state index in [1.807, 2.05) is 13.0 Å². The molecule has 3 fully saturated rings. The van der Waals surface area contributed by atoms with Gasteiger partial charge in [-0.05, 0) is 174 Å². The highest BCUT2D eigenvalue weighted by molar-refractivity contribution is 5.87. The topological polar surface area (TPSA) is 117 Å². The highest BCUT2D eigenvalue weighted by Gasteiger charge is 2.39. The Morgan fingerprint density at radius 3 is 1.37 bits per heavy atom. The number of hydrogen-bond donors (Lipinski definition) is 0. The van der Waals surface area contributed by atoms with E-state index in [2.05, 4.69) is 154 Å². The molecule has 6 aromatic heterocycles. The van der Waals surface area contributed by atoms with Crippen LogP contribution in [0, 0.1) is 33.5 Å². The molecule has 6 aromatic carbocycles. The predicted octanol–water partition coefficient (Wildman–Crippen LogP) is 12.1. The molecule has 0 radical (unpaired) electrons. The van der Waals surface area contributed by atoms with Gasteiger partial charge in [-0.15, -0.1) is 0 Å². The molecule has 0 N–H and O–H groups in total. The number of hydrogen-bond acceptors (Lipinski definition) is 9. The molecule has 12 aromatic rings. The second-order valence-corrected chi connectivity index (χ2v) is 26.2. The average Bonchev–Trinajstić information content (AvgIpc) is 1.72. The SMILES string of the molecule is Cc1ccc2nc(C)n(-c3ccc4c(c3)nc3n4CCN(C4CC(c5cc6nc(C)n(-c7ccc8c(c7)nc7n8CCN(C8CC(c9cccc%10c9nc(C)n%10-c9ccc%10c(c9)nc9n%10CCN(C%10CCC%10)CC9)C8)CC7)c6cc5F)C4)CC3)c2c1. The zero-order valence-corrected chi connectivity index (χ0v) is 49.7. The number of aryl methyl sites for hydroxylation is 4. The minimum Gasteiger partial charge on any atom is -0.327 e. The van der Waals surface area contributed by atoms with E-state index in [0.29, 0.717) is 18.0 Å². The van der Waals surface area contributed by atoms with Gasteiger partial charge in [-0.2, -0.15) is 0 Å². The molecule has 6 aliphatic rings. The van der Waals surface area contributed by atoms with Gasteiger partial charge in [0.2, 0.25) is 0 Å². The number of benzene rings is 6. The maximum Gasteiger partial charge on any atom is 0.128 e. The molecule has 0 bridgehead atoms. The minimum absolute atomic E-state index is 0.138. The fourth-order valence-corrected chi connectivity index (χ4v) is 16.5. The Morgan fingerprint density at radius 1 is 0.384 bits per heavy atom. The van der Waals surface area contributed by atoms with Crippen molar-refractivity contribution in [3.05, 3.63) is 161 Å². The smallest absolute Gasteiger partial charge is 0.128 e. The van der Waals surface area contributed by atoms with Crippen LogP contribution in [0.1, 0.15) is 108 Å². The minimum atomic E-state index is -0.138. The predicted molar refractivity (Wildman–Crippen MR) is 337 cm³/mol. The monoisotopic (exact) mass is 1140 g/mol. The number of nitrogens with zero attached hydrogens (tertiary/aromatic N) is 15. The van der Waals surface area contributed by atoms with Gasteiger partial charge in [-0.1, -0.05) is 24.6 Å². The Balaban J connectivity index is 0.516. The Hall–Kier alpha value is -8.05. The summed E-state index contributed by atoms with van der Waals surface area (Å²) in [5.74, 6) is 6.86. The first-order valence-corrected chi connectivity index (χ1v) is 31.9. The van der Waals surface area contributed by atoms with Crippen LogP contribution in [0.15, 0.2) is 103 Å². The summed E-state index contributed by atoms with van der Waals surface area (Å²) in [6.07, 6.45) is 11.1. The van der Waals surface area contributed by atoms with Crippen molar-refractivity contribution in [2.45, 2.75) is 141 Å². The van der Waals surface area contributed by atoms with Gasteiger partial charge in [0.1, 0.15) is 40.8 Å². The first-order valence-electron chi connectivity index (χ1n) is 31.9. The van der Waals surface area contributed by atoms with Gasteiger partial charge >= 0.3 is 0 Å². The summed E-state index contributed by atoms with van der Waals surface area (Å²) in [5.41, 5.74) is 19.4. The lowest BCUT2D eigenvalue weighted by molar-refractivity contribution is 0.110. The van der Waals surface area contributed by atoms with Crippen molar-refractivity contribution in [1.29, 1.82) is 0 Å². The van der Waals surface area contributed by atoms with Crippen LogP contribution in [0.4, 0.5) is 4.39 Å². The summed E-state index contributed by atoms with van der Waals surface area (Å²) in [4.78, 5) is 38.9. The van der Waals surface area contributed by atoms with Crippen molar-refractivity contribution < 1.29 is 4.39 Å². The molecule has 3 saturated carbocycles. The van der Waals surface area contributed by atoms with E-state index in [1.54, 1.807) is 6.07 Å². The molecule has 18 rings (SSSR count). The molecule has 3 aliphatic heterocycles. The number of para-hydroxylation sites is 1. The molecule has 9 heterocycles. The first kappa shape index (κ1) is 51.2. The molecule has 0 saturated heterocycles. The lowest BCUT2D eigenvalue weighted by Crippen LogP contribution is -2.45. The van der Waals surface area contributed by atoms with Crippen molar-refractivity contribution in [2.24, 2.45) is 0 Å². The van der Waals surface area contributed by atoms with Gasteiger partial charge in [0, 0.05) is 119 Å². The van der Waals surface area contributed by atoms with E-state index in [-0.39, 0.29) is 11.7 Å². The number of rotatable bonds is 8. The molecule has 0 atom stereocenters. The third-order valence-electron chi connectivity index (χ3n) is 21.4. The van der Waals surface area contributed by atoms with E-state index in [1.165, 1.54) is 52.8 Å². The fraction of sp³-hybridized carbons (Fsp3) is 0.400. The molecular weight excluding hydrogens is 1070 g/mol. The highest BCUT2D eigenvalue weighted by Crippen LogP contribution is 2.45. The van der Waals surface area contributed by atoms with Crippen LogP contribution in [0.5, 0.6) is 0 Å². The molecular formula is C70H72FN15. The van der Waals surface area contributed by atoms with Gasteiger partial charge in [0.25, 0.3) is 0 Å². The second kappa shape index (κ2) is 19.5. The second-order valence-electron chi connectivity index (χ2n) is 26.2. The van der Waals surface area contributed by atoms with Crippen molar-refractivity contribution in [3.8, 4) is 17.1 Å². The van der Waals surface area contributed by atoms with Gasteiger partial charge in [-0.3, -0.25) is 28.4 Å². The van der Waals surface area contributed by atoms with Gasteiger partial charge in [0.15, 0.2) is 0 Å². The molecule has 0 spiro atoms. The van der Waals surface area contributed by atoms with Gasteiger partial charge < -0.3 is 13.7 Å². The third-order valence-corrected chi connectivity index (χ3v) is 21.4. The van der Waals surface area contributed by atoms with E-state index in [0.717, 1.165) is 211 Å². The summed E-state index contributed by atoms with van der Waals surface area (Å²) < 4.78 is 30.5. The van der Waals surface area contributed by atoms with Crippen molar-refractivity contribution in [1.82, 2.24) is 72.0 Å². The molecule has 3 aliphatic carbocycles. The van der Waals surface area contributed by atoms with Crippen molar-refractivity contribution >= 4 is 66.2 Å². The van der Waals surface area contributed by atoms with Gasteiger partial charge in [-0.25, -0.2) is 34.3 Å². The lowest BCUT2D eigenvalue weighted by atomic mass is 9.74. The summed E-state index contributed by atoms with van der Waals surface area (Å²) in [5, 5.41) is 0. The Morgan fingerprint density at radius 2 is 0.849 bits per heavy atom. The molecule has 0 amide bonds. The number of imidazole rings is 6. The quantitative estimate of drug-likeness (QED) is 0.147. The summed E-state index contributed by atoms with van der Waals surface area (Å²) in [6, 6.07) is 38.8. The summed E-state index contributed by atoms with van der Waals surface area (Å²) >= 11 is 0. The molecule has 16 heteroatoms. The number of halogens is 1. The van der Waals surface area contributed by atoms with Crippen LogP contribution in [-0.2, 0) is 38.9 Å². The number of fused-ring (bicyclic) bond motifs is 12. The highest BCUT2D eigenvalue weighted by atomic mass is 19.1. The lowest BCUT2D eigenvalue weighted by Gasteiger charge is -2.43. The van der Waals surface area contributed by atoms with Crippen LogP contribution in [-0.4, -0.2) is 129 Å². The van der Waals surface area contributed by atoms with E-state index < -0.39 is 0 Å². The van der Waals surface area contributed by atoms with Crippen LogP contribution < -0.4 is 0 Å². The van der Waals surface area contributed by atoms with Crippen molar-refractivity contribution in [3.63, 3.8) is 0 Å². The molecule has 86 heavy (non-hydrogen) atoms.